The van der Waals surface area contributed by atoms with Gasteiger partial charge in [-0.2, -0.15) is 0 Å². The molecule has 0 saturated carbocycles. The molecule has 1 aliphatic heterocycles. The fraction of sp³-hybridized carbons (Fsp3) is 0.917. The lowest BCUT2D eigenvalue weighted by Gasteiger charge is -2.35. The molecule has 1 fully saturated rings. The molecule has 0 spiro atoms. The summed E-state index contributed by atoms with van der Waals surface area (Å²) >= 11 is 0. The van der Waals surface area contributed by atoms with E-state index in [0.29, 0.717) is 12.3 Å². The molecule has 4 heteroatoms. The van der Waals surface area contributed by atoms with Crippen LogP contribution in [0, 0.1) is 5.92 Å². The van der Waals surface area contributed by atoms with E-state index in [4.69, 9.17) is 0 Å². The minimum absolute atomic E-state index is 0.140. The highest BCUT2D eigenvalue weighted by molar-refractivity contribution is 5.75. The summed E-state index contributed by atoms with van der Waals surface area (Å²) in [5.41, 5.74) is -0.617. The van der Waals surface area contributed by atoms with Crippen LogP contribution in [0.4, 0.5) is 0 Å². The highest BCUT2D eigenvalue weighted by Crippen LogP contribution is 2.21. The minimum atomic E-state index is -0.617. The molecular formula is C12H24N2O2. The maximum Gasteiger partial charge on any atom is 0.220 e. The molecule has 1 saturated heterocycles. The van der Waals surface area contributed by atoms with E-state index in [-0.39, 0.29) is 5.91 Å². The Hall–Kier alpha value is -0.610. The SMILES string of the molecule is CNC(=O)CC1CCN(CC(C)(C)O)CC1. The van der Waals surface area contributed by atoms with Crippen LogP contribution in [-0.4, -0.2) is 48.2 Å². The van der Waals surface area contributed by atoms with E-state index in [9.17, 15) is 9.90 Å². The monoisotopic (exact) mass is 228 g/mol. The van der Waals surface area contributed by atoms with Crippen LogP contribution >= 0.6 is 0 Å². The highest BCUT2D eigenvalue weighted by Gasteiger charge is 2.24. The van der Waals surface area contributed by atoms with E-state index in [1.807, 2.05) is 13.8 Å². The molecule has 0 aromatic heterocycles. The van der Waals surface area contributed by atoms with E-state index >= 15 is 0 Å². The molecule has 2 N–H and O–H groups in total. The van der Waals surface area contributed by atoms with Gasteiger partial charge in [0, 0.05) is 20.0 Å². The van der Waals surface area contributed by atoms with Gasteiger partial charge in [0.2, 0.25) is 5.91 Å². The topological polar surface area (TPSA) is 52.6 Å². The van der Waals surface area contributed by atoms with Gasteiger partial charge in [0.05, 0.1) is 5.60 Å². The number of nitrogens with one attached hydrogen (secondary N) is 1. The van der Waals surface area contributed by atoms with Gasteiger partial charge < -0.3 is 15.3 Å². The number of rotatable bonds is 4. The molecule has 94 valence electrons. The molecule has 0 aliphatic carbocycles. The summed E-state index contributed by atoms with van der Waals surface area (Å²) in [6, 6.07) is 0. The quantitative estimate of drug-likeness (QED) is 0.741. The number of hydrogen-bond acceptors (Lipinski definition) is 3. The number of hydrogen-bond donors (Lipinski definition) is 2. The largest absolute Gasteiger partial charge is 0.389 e. The third kappa shape index (κ3) is 4.94. The van der Waals surface area contributed by atoms with Gasteiger partial charge in [0.25, 0.3) is 0 Å². The molecule has 0 radical (unpaired) electrons. The summed E-state index contributed by atoms with van der Waals surface area (Å²) < 4.78 is 0. The molecule has 1 rings (SSSR count). The number of aliphatic hydroxyl groups is 1. The van der Waals surface area contributed by atoms with Crippen LogP contribution < -0.4 is 5.32 Å². The summed E-state index contributed by atoms with van der Waals surface area (Å²) in [6.07, 6.45) is 2.76. The fourth-order valence-electron chi connectivity index (χ4n) is 2.26. The van der Waals surface area contributed by atoms with Crippen molar-refractivity contribution in [1.82, 2.24) is 10.2 Å². The van der Waals surface area contributed by atoms with Crippen LogP contribution in [0.2, 0.25) is 0 Å². The van der Waals surface area contributed by atoms with Crippen molar-refractivity contribution in [3.8, 4) is 0 Å². The van der Waals surface area contributed by atoms with Crippen molar-refractivity contribution in [2.75, 3.05) is 26.7 Å². The Morgan fingerprint density at radius 1 is 1.44 bits per heavy atom. The number of likely N-dealkylation sites (tertiary alicyclic amines) is 1. The molecule has 4 nitrogen and oxygen atoms in total. The Kier molecular flexibility index (Phi) is 4.74. The van der Waals surface area contributed by atoms with Crippen LogP contribution in [0.25, 0.3) is 0 Å². The average molecular weight is 228 g/mol. The summed E-state index contributed by atoms with van der Waals surface area (Å²) in [5, 5.41) is 12.4. The lowest BCUT2D eigenvalue weighted by molar-refractivity contribution is -0.121. The average Bonchev–Trinajstić information content (AvgIpc) is 2.18. The van der Waals surface area contributed by atoms with Crippen LogP contribution in [0.1, 0.15) is 33.1 Å². The van der Waals surface area contributed by atoms with Gasteiger partial charge in [-0.3, -0.25) is 4.79 Å². The number of piperidine rings is 1. The van der Waals surface area contributed by atoms with Gasteiger partial charge in [0.1, 0.15) is 0 Å². The predicted octanol–water partition coefficient (Wildman–Crippen LogP) is 0.605. The normalized spacial score (nSPS) is 19.8. The maximum absolute atomic E-state index is 11.2. The second-order valence-corrected chi connectivity index (χ2v) is 5.41. The molecule has 1 aliphatic rings. The first kappa shape index (κ1) is 13.5. The third-order valence-electron chi connectivity index (χ3n) is 3.07. The fourth-order valence-corrected chi connectivity index (χ4v) is 2.26. The summed E-state index contributed by atoms with van der Waals surface area (Å²) in [5.74, 6) is 0.652. The first-order chi connectivity index (χ1) is 7.40. The van der Waals surface area contributed by atoms with Gasteiger partial charge in [0.15, 0.2) is 0 Å². The van der Waals surface area contributed by atoms with Gasteiger partial charge in [-0.25, -0.2) is 0 Å². The van der Waals surface area contributed by atoms with Crippen molar-refractivity contribution in [3.05, 3.63) is 0 Å². The van der Waals surface area contributed by atoms with E-state index in [2.05, 4.69) is 10.2 Å². The predicted molar refractivity (Wildman–Crippen MR) is 64.1 cm³/mol. The number of carbonyl (C=O) groups excluding carboxylic acids is 1. The van der Waals surface area contributed by atoms with Gasteiger partial charge in [-0.1, -0.05) is 0 Å². The Bertz CT molecular complexity index is 228. The van der Waals surface area contributed by atoms with Crippen LogP contribution in [0.15, 0.2) is 0 Å². The van der Waals surface area contributed by atoms with Crippen molar-refractivity contribution in [3.63, 3.8) is 0 Å². The van der Waals surface area contributed by atoms with Crippen LogP contribution in [-0.2, 0) is 4.79 Å². The minimum Gasteiger partial charge on any atom is -0.389 e. The van der Waals surface area contributed by atoms with Crippen LogP contribution in [0.5, 0.6) is 0 Å². The molecule has 0 aromatic rings. The first-order valence-electron chi connectivity index (χ1n) is 6.06. The zero-order valence-corrected chi connectivity index (χ0v) is 10.6. The summed E-state index contributed by atoms with van der Waals surface area (Å²) in [6.45, 7) is 6.38. The molecular weight excluding hydrogens is 204 g/mol. The van der Waals surface area contributed by atoms with Crippen molar-refractivity contribution in [2.24, 2.45) is 5.92 Å². The maximum atomic E-state index is 11.2. The van der Waals surface area contributed by atoms with E-state index < -0.39 is 5.60 Å². The molecule has 16 heavy (non-hydrogen) atoms. The number of amides is 1. The summed E-state index contributed by atoms with van der Waals surface area (Å²) in [4.78, 5) is 13.5. The third-order valence-corrected chi connectivity index (χ3v) is 3.07. The number of nitrogens with zero attached hydrogens (tertiary/aromatic N) is 1. The Morgan fingerprint density at radius 2 is 2.00 bits per heavy atom. The molecule has 0 unspecified atom stereocenters. The van der Waals surface area contributed by atoms with Crippen molar-refractivity contribution in [1.29, 1.82) is 0 Å². The Morgan fingerprint density at radius 3 is 2.44 bits per heavy atom. The summed E-state index contributed by atoms with van der Waals surface area (Å²) in [7, 11) is 1.69. The van der Waals surface area contributed by atoms with E-state index in [1.165, 1.54) is 0 Å². The zero-order valence-electron chi connectivity index (χ0n) is 10.6. The molecule has 0 aromatic carbocycles. The Balaban J connectivity index is 2.26. The van der Waals surface area contributed by atoms with Gasteiger partial charge in [-0.05, 0) is 45.7 Å². The van der Waals surface area contributed by atoms with Crippen molar-refractivity contribution >= 4 is 5.91 Å². The van der Waals surface area contributed by atoms with Crippen molar-refractivity contribution in [2.45, 2.75) is 38.7 Å². The van der Waals surface area contributed by atoms with Gasteiger partial charge in [-0.15, -0.1) is 0 Å². The lowest BCUT2D eigenvalue weighted by Crippen LogP contribution is -2.43. The first-order valence-corrected chi connectivity index (χ1v) is 6.06. The van der Waals surface area contributed by atoms with Gasteiger partial charge >= 0.3 is 0 Å². The van der Waals surface area contributed by atoms with Crippen molar-refractivity contribution < 1.29 is 9.90 Å². The Labute approximate surface area is 98.0 Å². The number of carbonyl (C=O) groups is 1. The zero-order chi connectivity index (χ0) is 12.2. The standard InChI is InChI=1S/C12H24N2O2/c1-12(2,16)9-14-6-4-10(5-7-14)8-11(15)13-3/h10,16H,4-9H2,1-3H3,(H,13,15). The second kappa shape index (κ2) is 5.64. The molecule has 1 heterocycles. The lowest BCUT2D eigenvalue weighted by atomic mass is 9.92. The van der Waals surface area contributed by atoms with E-state index in [1.54, 1.807) is 7.05 Å². The van der Waals surface area contributed by atoms with Crippen LogP contribution in [0.3, 0.4) is 0 Å². The highest BCUT2D eigenvalue weighted by atomic mass is 16.3. The number of β-amino-alcohol motifs (C(OH)–C–C–N with tert-alkyl or cyclic N) is 1. The molecule has 0 bridgehead atoms. The molecule has 1 amide bonds. The second-order valence-electron chi connectivity index (χ2n) is 5.41. The van der Waals surface area contributed by atoms with E-state index in [0.717, 1.165) is 32.5 Å². The molecule has 0 atom stereocenters. The smallest absolute Gasteiger partial charge is 0.220 e.